The molecule has 0 radical (unpaired) electrons. The zero-order valence-electron chi connectivity index (χ0n) is 21.2. The summed E-state index contributed by atoms with van der Waals surface area (Å²) in [7, 11) is 1.56. The third-order valence-electron chi connectivity index (χ3n) is 6.11. The zero-order valence-corrected chi connectivity index (χ0v) is 21.2. The number of hydrogen-bond donors (Lipinski definition) is 2. The first-order chi connectivity index (χ1) is 17.2. The average molecular weight is 495 g/mol. The number of aromatic nitrogens is 1. The summed E-state index contributed by atoms with van der Waals surface area (Å²) in [5.74, 6) is -0.477. The lowest BCUT2D eigenvalue weighted by Crippen LogP contribution is -2.48. The highest BCUT2D eigenvalue weighted by molar-refractivity contribution is 5.97. The molecule has 11 nitrogen and oxygen atoms in total. The minimum atomic E-state index is -0.689. The number of nitrogens with one attached hydrogen (secondary N) is 1. The number of urea groups is 1. The number of imide groups is 1. The Morgan fingerprint density at radius 1 is 1.25 bits per heavy atom. The van der Waals surface area contributed by atoms with Gasteiger partial charge >= 0.3 is 6.03 Å². The largest absolute Gasteiger partial charge is 0.366 e. The Bertz CT molecular complexity index is 1090. The van der Waals surface area contributed by atoms with Gasteiger partial charge in [0.05, 0.1) is 36.5 Å². The zero-order chi connectivity index (χ0) is 26.2. The molecule has 3 heterocycles. The fourth-order valence-corrected chi connectivity index (χ4v) is 4.27. The minimum Gasteiger partial charge on any atom is -0.366 e. The van der Waals surface area contributed by atoms with Crippen LogP contribution in [0.4, 0.5) is 4.79 Å². The Balaban J connectivity index is 2.05. The SMILES string of the molecule is CC(C)=CCN1CC(=O)N(Cc2ncccc2C(N)=O)C(=O)N(C)C/C(C#N)=C\1N1CCCNCC1. The van der Waals surface area contributed by atoms with Crippen LogP contribution >= 0.6 is 0 Å². The van der Waals surface area contributed by atoms with E-state index in [1.54, 1.807) is 13.1 Å². The van der Waals surface area contributed by atoms with Crippen molar-refractivity contribution in [2.24, 2.45) is 5.73 Å². The molecular formula is C25H34N8O3. The lowest BCUT2D eigenvalue weighted by atomic mass is 10.1. The van der Waals surface area contributed by atoms with Gasteiger partial charge in [-0.3, -0.25) is 19.5 Å². The van der Waals surface area contributed by atoms with Crippen molar-refractivity contribution in [2.75, 3.05) is 52.9 Å². The Hall–Kier alpha value is -3.91. The van der Waals surface area contributed by atoms with Crippen LogP contribution in [0.25, 0.3) is 0 Å². The van der Waals surface area contributed by atoms with Crippen molar-refractivity contribution in [2.45, 2.75) is 26.8 Å². The third-order valence-corrected chi connectivity index (χ3v) is 6.11. The normalized spacial score (nSPS) is 19.7. The Morgan fingerprint density at radius 2 is 2.03 bits per heavy atom. The summed E-state index contributed by atoms with van der Waals surface area (Å²) in [5, 5.41) is 13.5. The van der Waals surface area contributed by atoms with Crippen molar-refractivity contribution < 1.29 is 14.4 Å². The van der Waals surface area contributed by atoms with E-state index in [2.05, 4.69) is 21.3 Å². The number of nitrogens with two attached hydrogens (primary N) is 1. The lowest BCUT2D eigenvalue weighted by molar-refractivity contribution is -0.130. The van der Waals surface area contributed by atoms with Crippen LogP contribution in [0.1, 0.15) is 36.3 Å². The molecule has 1 aromatic rings. The molecule has 36 heavy (non-hydrogen) atoms. The molecule has 0 atom stereocenters. The van der Waals surface area contributed by atoms with E-state index in [4.69, 9.17) is 5.73 Å². The number of carbonyl (C=O) groups excluding carboxylic acids is 3. The van der Waals surface area contributed by atoms with Crippen LogP contribution in [-0.4, -0.2) is 95.3 Å². The molecule has 1 fully saturated rings. The second-order valence-corrected chi connectivity index (χ2v) is 9.15. The van der Waals surface area contributed by atoms with E-state index in [0.29, 0.717) is 24.5 Å². The number of carbonyl (C=O) groups is 3. The molecule has 2 aliphatic heterocycles. The number of hydrogen-bond acceptors (Lipinski definition) is 8. The van der Waals surface area contributed by atoms with E-state index >= 15 is 0 Å². The van der Waals surface area contributed by atoms with Crippen molar-refractivity contribution in [1.29, 1.82) is 5.26 Å². The standard InChI is InChI=1S/C25H34N8O3/c1-18(2)7-12-32-17-22(34)33(16-21-20(23(27)35)6-4-9-29-21)25(36)30(3)15-19(14-26)24(32)31-11-5-8-28-10-13-31/h4,6-7,9,28H,5,8,10-13,15-17H2,1-3H3,(H2,27,35)/b24-19-. The van der Waals surface area contributed by atoms with E-state index in [1.807, 2.05) is 24.8 Å². The predicted octanol–water partition coefficient (Wildman–Crippen LogP) is 0.873. The predicted molar refractivity (Wildman–Crippen MR) is 134 cm³/mol. The highest BCUT2D eigenvalue weighted by Crippen LogP contribution is 2.22. The molecule has 1 aromatic heterocycles. The minimum absolute atomic E-state index is 0.0363. The van der Waals surface area contributed by atoms with Gasteiger partial charge in [-0.05, 0) is 38.9 Å². The van der Waals surface area contributed by atoms with Gasteiger partial charge in [0.15, 0.2) is 0 Å². The van der Waals surface area contributed by atoms with Crippen molar-refractivity contribution in [1.82, 2.24) is 29.9 Å². The number of likely N-dealkylation sites (N-methyl/N-ethyl adjacent to an activating group) is 1. The van der Waals surface area contributed by atoms with Gasteiger partial charge in [-0.2, -0.15) is 5.26 Å². The molecule has 1 saturated heterocycles. The maximum atomic E-state index is 13.6. The van der Waals surface area contributed by atoms with Gasteiger partial charge in [-0.1, -0.05) is 11.6 Å². The number of primary amides is 1. The van der Waals surface area contributed by atoms with Gasteiger partial charge < -0.3 is 25.8 Å². The second-order valence-electron chi connectivity index (χ2n) is 9.15. The van der Waals surface area contributed by atoms with E-state index < -0.39 is 17.8 Å². The molecule has 0 saturated carbocycles. The van der Waals surface area contributed by atoms with E-state index in [9.17, 15) is 19.6 Å². The molecule has 3 rings (SSSR count). The molecule has 0 aliphatic carbocycles. The fraction of sp³-hybridized carbons (Fsp3) is 0.480. The number of nitriles is 1. The third kappa shape index (κ3) is 6.40. The highest BCUT2D eigenvalue weighted by Gasteiger charge is 2.33. The highest BCUT2D eigenvalue weighted by atomic mass is 16.2. The molecular weight excluding hydrogens is 460 g/mol. The summed E-state index contributed by atoms with van der Waals surface area (Å²) < 4.78 is 0. The Morgan fingerprint density at radius 3 is 2.72 bits per heavy atom. The number of pyridine rings is 1. The molecule has 0 spiro atoms. The smallest absolute Gasteiger partial charge is 0.327 e. The van der Waals surface area contributed by atoms with Gasteiger partial charge in [0.2, 0.25) is 0 Å². The van der Waals surface area contributed by atoms with Gasteiger partial charge in [0.1, 0.15) is 11.9 Å². The quantitative estimate of drug-likeness (QED) is 0.556. The number of rotatable bonds is 6. The number of allylic oxidation sites excluding steroid dienone is 1. The summed E-state index contributed by atoms with van der Waals surface area (Å²) in [4.78, 5) is 49.6. The molecule has 4 amide bonds. The number of amides is 4. The summed E-state index contributed by atoms with van der Waals surface area (Å²) in [6, 6.07) is 4.81. The fourth-order valence-electron chi connectivity index (χ4n) is 4.27. The first kappa shape index (κ1) is 26.7. The van der Waals surface area contributed by atoms with Gasteiger partial charge in [-0.15, -0.1) is 0 Å². The van der Waals surface area contributed by atoms with E-state index in [0.717, 1.165) is 36.5 Å². The maximum absolute atomic E-state index is 13.6. The Kier molecular flexibility index (Phi) is 9.02. The molecule has 0 aromatic carbocycles. The van der Waals surface area contributed by atoms with Crippen LogP contribution in [0.15, 0.2) is 41.4 Å². The lowest BCUT2D eigenvalue weighted by Gasteiger charge is -2.35. The summed E-state index contributed by atoms with van der Waals surface area (Å²) in [5.41, 5.74) is 7.37. The molecule has 0 bridgehead atoms. The van der Waals surface area contributed by atoms with Crippen LogP contribution in [0.3, 0.4) is 0 Å². The monoisotopic (exact) mass is 494 g/mol. The summed E-state index contributed by atoms with van der Waals surface area (Å²) >= 11 is 0. The molecule has 0 unspecified atom stereocenters. The molecule has 192 valence electrons. The molecule has 3 N–H and O–H groups in total. The Labute approximate surface area is 211 Å². The van der Waals surface area contributed by atoms with Crippen LogP contribution in [-0.2, 0) is 11.3 Å². The first-order valence-corrected chi connectivity index (χ1v) is 12.0. The molecule has 2 aliphatic rings. The number of nitrogens with zero attached hydrogens (tertiary/aromatic N) is 6. The van der Waals surface area contributed by atoms with Crippen molar-refractivity contribution in [3.63, 3.8) is 0 Å². The van der Waals surface area contributed by atoms with Crippen LogP contribution < -0.4 is 11.1 Å². The summed E-state index contributed by atoms with van der Waals surface area (Å²) in [6.07, 6.45) is 4.37. The first-order valence-electron chi connectivity index (χ1n) is 12.0. The maximum Gasteiger partial charge on any atom is 0.327 e. The van der Waals surface area contributed by atoms with Crippen molar-refractivity contribution in [3.8, 4) is 6.07 Å². The summed E-state index contributed by atoms with van der Waals surface area (Å²) in [6.45, 7) is 7.09. The van der Waals surface area contributed by atoms with Crippen LogP contribution in [0, 0.1) is 11.3 Å². The molecule has 11 heteroatoms. The van der Waals surface area contributed by atoms with Crippen molar-refractivity contribution in [3.05, 3.63) is 52.6 Å². The van der Waals surface area contributed by atoms with Gasteiger partial charge in [0.25, 0.3) is 11.8 Å². The van der Waals surface area contributed by atoms with E-state index in [1.165, 1.54) is 17.2 Å². The van der Waals surface area contributed by atoms with Crippen LogP contribution in [0.5, 0.6) is 0 Å². The van der Waals surface area contributed by atoms with Crippen molar-refractivity contribution >= 4 is 17.8 Å². The van der Waals surface area contributed by atoms with Gasteiger partial charge in [-0.25, -0.2) is 4.79 Å². The average Bonchev–Trinajstić information content (AvgIpc) is 3.12. The van der Waals surface area contributed by atoms with E-state index in [-0.39, 0.29) is 30.9 Å². The second kappa shape index (κ2) is 12.2. The van der Waals surface area contributed by atoms with Crippen LogP contribution in [0.2, 0.25) is 0 Å². The van der Waals surface area contributed by atoms with Gasteiger partial charge in [0, 0.05) is 39.4 Å². The topological polar surface area (TPSA) is 139 Å².